The van der Waals surface area contributed by atoms with Crippen molar-refractivity contribution in [3.8, 4) is 11.5 Å². The third-order valence-electron chi connectivity index (χ3n) is 1.94. The minimum Gasteiger partial charge on any atom is -0.503 e. The van der Waals surface area contributed by atoms with Crippen LogP contribution < -0.4 is 16.2 Å². The molecule has 1 aromatic carbocycles. The number of halogens is 1. The van der Waals surface area contributed by atoms with Crippen molar-refractivity contribution in [3.63, 3.8) is 0 Å². The van der Waals surface area contributed by atoms with Gasteiger partial charge >= 0.3 is 0 Å². The Balaban J connectivity index is 3.22. The van der Waals surface area contributed by atoms with Crippen molar-refractivity contribution in [2.24, 2.45) is 11.5 Å². The van der Waals surface area contributed by atoms with Crippen molar-refractivity contribution in [1.29, 1.82) is 0 Å². The standard InChI is InChI=1S/C9H11BrN2O3/c1-15-6-3-4(7(11)9(12)14)2-5(10)8(6)13/h2-3,7,13H,11H2,1H3,(H2,12,14). The first-order valence-corrected chi connectivity index (χ1v) is 4.88. The van der Waals surface area contributed by atoms with Gasteiger partial charge in [-0.3, -0.25) is 4.79 Å². The number of benzene rings is 1. The van der Waals surface area contributed by atoms with Gasteiger partial charge in [0, 0.05) is 0 Å². The van der Waals surface area contributed by atoms with Crippen molar-refractivity contribution < 1.29 is 14.6 Å². The summed E-state index contributed by atoms with van der Waals surface area (Å²) in [6.45, 7) is 0. The molecule has 1 atom stereocenters. The summed E-state index contributed by atoms with van der Waals surface area (Å²) >= 11 is 3.12. The summed E-state index contributed by atoms with van der Waals surface area (Å²) < 4.78 is 5.31. The van der Waals surface area contributed by atoms with Crippen LogP contribution in [0.3, 0.4) is 0 Å². The van der Waals surface area contributed by atoms with E-state index in [4.69, 9.17) is 16.2 Å². The molecule has 0 aromatic heterocycles. The summed E-state index contributed by atoms with van der Waals surface area (Å²) in [6, 6.07) is 2.07. The van der Waals surface area contributed by atoms with Crippen molar-refractivity contribution in [2.45, 2.75) is 6.04 Å². The molecular formula is C9H11BrN2O3. The fourth-order valence-electron chi connectivity index (χ4n) is 1.09. The normalized spacial score (nSPS) is 12.2. The first-order chi connectivity index (χ1) is 6.97. The molecule has 0 heterocycles. The summed E-state index contributed by atoms with van der Waals surface area (Å²) in [4.78, 5) is 10.9. The number of hydrogen-bond donors (Lipinski definition) is 3. The molecule has 0 aliphatic carbocycles. The zero-order chi connectivity index (χ0) is 11.6. The predicted octanol–water partition coefficient (Wildman–Crippen LogP) is 0.648. The number of amides is 1. The van der Waals surface area contributed by atoms with Crippen LogP contribution in [0.25, 0.3) is 0 Å². The predicted molar refractivity (Wildman–Crippen MR) is 58.5 cm³/mol. The van der Waals surface area contributed by atoms with E-state index in [9.17, 15) is 9.90 Å². The van der Waals surface area contributed by atoms with Crippen LogP contribution >= 0.6 is 15.9 Å². The van der Waals surface area contributed by atoms with Gasteiger partial charge in [0.1, 0.15) is 6.04 Å². The number of rotatable bonds is 3. The van der Waals surface area contributed by atoms with Gasteiger partial charge in [-0.15, -0.1) is 0 Å². The fourth-order valence-corrected chi connectivity index (χ4v) is 1.55. The topological polar surface area (TPSA) is 98.6 Å². The third kappa shape index (κ3) is 2.40. The maximum absolute atomic E-state index is 10.9. The Morgan fingerprint density at radius 1 is 1.60 bits per heavy atom. The van der Waals surface area contributed by atoms with Crippen LogP contribution in [0.4, 0.5) is 0 Å². The number of primary amides is 1. The number of carbonyl (C=O) groups is 1. The van der Waals surface area contributed by atoms with Crippen LogP contribution in [0.15, 0.2) is 16.6 Å². The lowest BCUT2D eigenvalue weighted by molar-refractivity contribution is -0.119. The maximum Gasteiger partial charge on any atom is 0.238 e. The van der Waals surface area contributed by atoms with Gasteiger partial charge in [0.05, 0.1) is 11.6 Å². The lowest BCUT2D eigenvalue weighted by Crippen LogP contribution is -2.28. The molecule has 1 rings (SSSR count). The molecule has 0 bridgehead atoms. The molecule has 1 amide bonds. The van der Waals surface area contributed by atoms with Crippen LogP contribution in [0, 0.1) is 0 Å². The van der Waals surface area contributed by atoms with E-state index in [2.05, 4.69) is 15.9 Å². The molecule has 1 aromatic rings. The van der Waals surface area contributed by atoms with Gasteiger partial charge in [-0.05, 0) is 33.6 Å². The van der Waals surface area contributed by atoms with Crippen molar-refractivity contribution in [1.82, 2.24) is 0 Å². The van der Waals surface area contributed by atoms with E-state index in [1.807, 2.05) is 0 Å². The van der Waals surface area contributed by atoms with Crippen LogP contribution in [-0.4, -0.2) is 18.1 Å². The second-order valence-corrected chi connectivity index (χ2v) is 3.79. The van der Waals surface area contributed by atoms with Gasteiger partial charge in [0.15, 0.2) is 11.5 Å². The number of phenols is 1. The SMILES string of the molecule is COc1cc(C(N)C(N)=O)cc(Br)c1O. The lowest BCUT2D eigenvalue weighted by atomic mass is 10.1. The zero-order valence-electron chi connectivity index (χ0n) is 8.03. The minimum atomic E-state index is -0.921. The molecule has 0 radical (unpaired) electrons. The number of methoxy groups -OCH3 is 1. The highest BCUT2D eigenvalue weighted by molar-refractivity contribution is 9.10. The summed E-state index contributed by atoms with van der Waals surface area (Å²) in [7, 11) is 1.40. The smallest absolute Gasteiger partial charge is 0.238 e. The van der Waals surface area contributed by atoms with E-state index >= 15 is 0 Å². The molecule has 0 aliphatic rings. The second-order valence-electron chi connectivity index (χ2n) is 2.93. The van der Waals surface area contributed by atoms with Crippen LogP contribution in [0.5, 0.6) is 11.5 Å². The molecule has 0 fully saturated rings. The number of carbonyl (C=O) groups excluding carboxylic acids is 1. The van der Waals surface area contributed by atoms with Crippen molar-refractivity contribution in [2.75, 3.05) is 7.11 Å². The lowest BCUT2D eigenvalue weighted by Gasteiger charge is -2.12. The number of nitrogens with two attached hydrogens (primary N) is 2. The quantitative estimate of drug-likeness (QED) is 0.754. The zero-order valence-corrected chi connectivity index (χ0v) is 9.61. The maximum atomic E-state index is 10.9. The Labute approximate surface area is 95.1 Å². The second kappa shape index (κ2) is 4.50. The first kappa shape index (κ1) is 11.8. The number of ether oxygens (including phenoxy) is 1. The molecule has 15 heavy (non-hydrogen) atoms. The van der Waals surface area contributed by atoms with Crippen molar-refractivity contribution >= 4 is 21.8 Å². The van der Waals surface area contributed by atoms with Crippen LogP contribution in [0.1, 0.15) is 11.6 Å². The highest BCUT2D eigenvalue weighted by Gasteiger charge is 2.16. The Morgan fingerprint density at radius 2 is 2.20 bits per heavy atom. The molecular weight excluding hydrogens is 264 g/mol. The summed E-state index contributed by atoms with van der Waals surface area (Å²) in [5.74, 6) is -0.455. The summed E-state index contributed by atoms with van der Waals surface area (Å²) in [5.41, 5.74) is 11.1. The Bertz CT molecular complexity index is 395. The molecule has 0 spiro atoms. The average Bonchev–Trinajstić information content (AvgIpc) is 2.20. The van der Waals surface area contributed by atoms with Gasteiger partial charge in [-0.25, -0.2) is 0 Å². The molecule has 0 saturated heterocycles. The summed E-state index contributed by atoms with van der Waals surface area (Å²) in [5, 5.41) is 9.51. The molecule has 82 valence electrons. The molecule has 5 N–H and O–H groups in total. The fraction of sp³-hybridized carbons (Fsp3) is 0.222. The van der Waals surface area contributed by atoms with Crippen LogP contribution in [0.2, 0.25) is 0 Å². The molecule has 5 nitrogen and oxygen atoms in total. The highest BCUT2D eigenvalue weighted by Crippen LogP contribution is 2.36. The van der Waals surface area contributed by atoms with Crippen LogP contribution in [-0.2, 0) is 4.79 Å². The first-order valence-electron chi connectivity index (χ1n) is 4.08. The van der Waals surface area contributed by atoms with E-state index in [1.54, 1.807) is 0 Å². The Hall–Kier alpha value is -1.27. The van der Waals surface area contributed by atoms with Gasteiger partial charge in [0.25, 0.3) is 0 Å². The molecule has 0 saturated carbocycles. The van der Waals surface area contributed by atoms with E-state index in [1.165, 1.54) is 19.2 Å². The van der Waals surface area contributed by atoms with E-state index in [-0.39, 0.29) is 11.5 Å². The largest absolute Gasteiger partial charge is 0.503 e. The van der Waals surface area contributed by atoms with Gasteiger partial charge in [0.2, 0.25) is 5.91 Å². The Kier molecular flexibility index (Phi) is 3.54. The van der Waals surface area contributed by atoms with Crippen molar-refractivity contribution in [3.05, 3.63) is 22.2 Å². The summed E-state index contributed by atoms with van der Waals surface area (Å²) in [6.07, 6.45) is 0. The molecule has 6 heteroatoms. The number of hydrogen-bond acceptors (Lipinski definition) is 4. The molecule has 0 aliphatic heterocycles. The van der Waals surface area contributed by atoms with Gasteiger partial charge in [-0.1, -0.05) is 0 Å². The minimum absolute atomic E-state index is 0.0436. The number of phenolic OH excluding ortho intramolecular Hbond substituents is 1. The molecule has 1 unspecified atom stereocenters. The van der Waals surface area contributed by atoms with Gasteiger partial charge in [-0.2, -0.15) is 0 Å². The van der Waals surface area contributed by atoms with Gasteiger partial charge < -0.3 is 21.3 Å². The van der Waals surface area contributed by atoms with E-state index < -0.39 is 11.9 Å². The van der Waals surface area contributed by atoms with E-state index in [0.717, 1.165) is 0 Å². The van der Waals surface area contributed by atoms with E-state index in [0.29, 0.717) is 10.0 Å². The monoisotopic (exact) mass is 274 g/mol. The number of aromatic hydroxyl groups is 1. The highest BCUT2D eigenvalue weighted by atomic mass is 79.9. The third-order valence-corrected chi connectivity index (χ3v) is 2.54. The average molecular weight is 275 g/mol. The Morgan fingerprint density at radius 3 is 2.67 bits per heavy atom.